The van der Waals surface area contributed by atoms with E-state index in [1.54, 1.807) is 13.0 Å². The summed E-state index contributed by atoms with van der Waals surface area (Å²) in [5, 5.41) is 8.39. The fourth-order valence-electron chi connectivity index (χ4n) is 3.71. The van der Waals surface area contributed by atoms with Crippen molar-refractivity contribution in [2.45, 2.75) is 19.4 Å². The fraction of sp³-hybridized carbons (Fsp3) is 0.182. The second-order valence-electron chi connectivity index (χ2n) is 7.20. The van der Waals surface area contributed by atoms with E-state index in [9.17, 15) is 4.79 Å². The van der Waals surface area contributed by atoms with Gasteiger partial charge in [-0.05, 0) is 48.2 Å². The highest BCUT2D eigenvalue weighted by Gasteiger charge is 2.27. The molecule has 3 heterocycles. The highest BCUT2D eigenvalue weighted by Crippen LogP contribution is 2.41. The van der Waals surface area contributed by atoms with Crippen LogP contribution in [0.15, 0.2) is 53.2 Å². The number of hydrogen-bond donors (Lipinski definition) is 2. The molecular weight excluding hydrogens is 390 g/mol. The molecule has 1 amide bonds. The van der Waals surface area contributed by atoms with E-state index in [1.807, 2.05) is 30.5 Å². The Kier molecular flexibility index (Phi) is 4.28. The number of hydrogen-bond acceptors (Lipinski definition) is 4. The molecule has 7 heteroatoms. The Hall–Kier alpha value is -3.25. The second-order valence-corrected chi connectivity index (χ2v) is 7.63. The van der Waals surface area contributed by atoms with Crippen LogP contribution in [0.1, 0.15) is 21.8 Å². The number of aromatic amines is 1. The number of nitrogens with one attached hydrogen (secondary N) is 2. The summed E-state index contributed by atoms with van der Waals surface area (Å²) < 4.78 is 11.2. The Morgan fingerprint density at radius 1 is 1.28 bits per heavy atom. The van der Waals surface area contributed by atoms with Crippen molar-refractivity contribution in [3.63, 3.8) is 0 Å². The van der Waals surface area contributed by atoms with Crippen LogP contribution in [-0.2, 0) is 6.42 Å². The number of carbonyl (C=O) groups is 1. The summed E-state index contributed by atoms with van der Waals surface area (Å²) in [6.45, 7) is 2.11. The highest BCUT2D eigenvalue weighted by atomic mass is 35.5. The first-order chi connectivity index (χ1) is 14.1. The van der Waals surface area contributed by atoms with Gasteiger partial charge < -0.3 is 19.6 Å². The molecule has 5 rings (SSSR count). The van der Waals surface area contributed by atoms with E-state index in [2.05, 4.69) is 27.6 Å². The molecule has 2 aromatic carbocycles. The zero-order chi connectivity index (χ0) is 20.0. The van der Waals surface area contributed by atoms with E-state index in [4.69, 9.17) is 20.9 Å². The van der Waals surface area contributed by atoms with E-state index >= 15 is 0 Å². The number of fused-ring (bicyclic) bond motifs is 2. The third-order valence-electron chi connectivity index (χ3n) is 5.08. The minimum atomic E-state index is -0.280. The summed E-state index contributed by atoms with van der Waals surface area (Å²) in [5.41, 5.74) is 4.38. The van der Waals surface area contributed by atoms with E-state index in [1.165, 1.54) is 0 Å². The molecule has 0 unspecified atom stereocenters. The number of carbonyl (C=O) groups excluding carboxylic acids is 1. The van der Waals surface area contributed by atoms with E-state index in [0.29, 0.717) is 23.7 Å². The minimum Gasteiger partial charge on any atom is -0.487 e. The molecule has 0 saturated carbocycles. The summed E-state index contributed by atoms with van der Waals surface area (Å²) in [6, 6.07) is 13.7. The van der Waals surface area contributed by atoms with Gasteiger partial charge in [0.15, 0.2) is 5.69 Å². The Balaban J connectivity index is 1.37. The summed E-state index contributed by atoms with van der Waals surface area (Å²) >= 11 is 6.38. The number of rotatable bonds is 4. The Morgan fingerprint density at radius 2 is 2.17 bits per heavy atom. The van der Waals surface area contributed by atoms with Crippen LogP contribution in [0.3, 0.4) is 0 Å². The molecule has 0 radical (unpaired) electrons. The lowest BCUT2D eigenvalue weighted by molar-refractivity contribution is 0.0924. The van der Waals surface area contributed by atoms with Gasteiger partial charge in [0, 0.05) is 40.4 Å². The lowest BCUT2D eigenvalue weighted by Crippen LogP contribution is -2.34. The van der Waals surface area contributed by atoms with Gasteiger partial charge in [0.2, 0.25) is 0 Å². The lowest BCUT2D eigenvalue weighted by Gasteiger charge is -2.13. The van der Waals surface area contributed by atoms with Gasteiger partial charge in [0.25, 0.3) is 5.91 Å². The number of nitrogens with zero attached hydrogens (tertiary/aromatic N) is 1. The van der Waals surface area contributed by atoms with Crippen molar-refractivity contribution < 1.29 is 14.1 Å². The standard InChI is InChI=1S/C22H18ClN3O3/c1-12-6-20(26-29-12)22(27)25-11-17-9-15-8-16(23)10-18(21(15)28-17)13-2-3-19-14(7-13)4-5-24-19/h2-8,10,17,24H,9,11H2,1H3,(H,25,27)/t17-/m1/s1. The van der Waals surface area contributed by atoms with Gasteiger partial charge in [-0.3, -0.25) is 4.79 Å². The molecule has 2 aromatic heterocycles. The average molecular weight is 408 g/mol. The molecule has 1 aliphatic heterocycles. The Morgan fingerprint density at radius 3 is 3.00 bits per heavy atom. The van der Waals surface area contributed by atoms with Crippen molar-refractivity contribution in [3.8, 4) is 16.9 Å². The first-order valence-corrected chi connectivity index (χ1v) is 9.73. The number of aryl methyl sites for hydroxylation is 1. The number of benzene rings is 2. The minimum absolute atomic E-state index is 0.171. The van der Waals surface area contributed by atoms with Gasteiger partial charge >= 0.3 is 0 Å². The van der Waals surface area contributed by atoms with E-state index in [-0.39, 0.29) is 17.7 Å². The molecule has 0 fully saturated rings. The van der Waals surface area contributed by atoms with Gasteiger partial charge in [-0.1, -0.05) is 22.8 Å². The SMILES string of the molecule is Cc1cc(C(=O)NC[C@H]2Cc3cc(Cl)cc(-c4ccc5[nH]ccc5c4)c3O2)no1. The quantitative estimate of drug-likeness (QED) is 0.521. The zero-order valence-corrected chi connectivity index (χ0v) is 16.4. The van der Waals surface area contributed by atoms with Crippen LogP contribution in [0, 0.1) is 6.92 Å². The fourth-order valence-corrected chi connectivity index (χ4v) is 3.95. The molecule has 4 aromatic rings. The van der Waals surface area contributed by atoms with Crippen LogP contribution in [0.2, 0.25) is 5.02 Å². The summed E-state index contributed by atoms with van der Waals surface area (Å²) in [4.78, 5) is 15.4. The average Bonchev–Trinajstić information content (AvgIpc) is 3.43. The second kappa shape index (κ2) is 6.97. The maximum Gasteiger partial charge on any atom is 0.273 e. The van der Waals surface area contributed by atoms with Crippen molar-refractivity contribution in [1.29, 1.82) is 0 Å². The van der Waals surface area contributed by atoms with Crippen LogP contribution in [-0.4, -0.2) is 28.7 Å². The molecule has 6 nitrogen and oxygen atoms in total. The molecule has 0 aliphatic carbocycles. The van der Waals surface area contributed by atoms with Gasteiger partial charge in [0.05, 0.1) is 6.54 Å². The number of halogens is 1. The lowest BCUT2D eigenvalue weighted by atomic mass is 9.99. The molecule has 1 atom stereocenters. The van der Waals surface area contributed by atoms with Gasteiger partial charge in [-0.15, -0.1) is 0 Å². The van der Waals surface area contributed by atoms with Gasteiger partial charge in [-0.2, -0.15) is 0 Å². The smallest absolute Gasteiger partial charge is 0.273 e. The summed E-state index contributed by atoms with van der Waals surface area (Å²) in [5.74, 6) is 1.14. The Labute approximate surface area is 171 Å². The monoisotopic (exact) mass is 407 g/mol. The van der Waals surface area contributed by atoms with Crippen molar-refractivity contribution in [2.75, 3.05) is 6.54 Å². The highest BCUT2D eigenvalue weighted by molar-refractivity contribution is 6.31. The zero-order valence-electron chi connectivity index (χ0n) is 15.7. The van der Waals surface area contributed by atoms with Gasteiger partial charge in [-0.25, -0.2) is 0 Å². The topological polar surface area (TPSA) is 80.2 Å². The number of amides is 1. The van der Waals surface area contributed by atoms with Crippen LogP contribution in [0.5, 0.6) is 5.75 Å². The predicted octanol–water partition coefficient (Wildman–Crippen LogP) is 4.52. The largest absolute Gasteiger partial charge is 0.487 e. The maximum atomic E-state index is 12.2. The normalized spacial score (nSPS) is 15.3. The first kappa shape index (κ1) is 17.8. The third-order valence-corrected chi connectivity index (χ3v) is 5.30. The van der Waals surface area contributed by atoms with Crippen LogP contribution in [0.25, 0.3) is 22.0 Å². The maximum absolute atomic E-state index is 12.2. The molecular formula is C22H18ClN3O3. The molecule has 1 aliphatic rings. The van der Waals surface area contributed by atoms with Crippen molar-refractivity contribution in [2.24, 2.45) is 0 Å². The predicted molar refractivity (Wildman–Crippen MR) is 110 cm³/mol. The summed E-state index contributed by atoms with van der Waals surface area (Å²) in [7, 11) is 0. The molecule has 0 spiro atoms. The molecule has 146 valence electrons. The van der Waals surface area contributed by atoms with E-state index in [0.717, 1.165) is 33.3 Å². The van der Waals surface area contributed by atoms with Crippen LogP contribution >= 0.6 is 11.6 Å². The molecule has 29 heavy (non-hydrogen) atoms. The summed E-state index contributed by atoms with van der Waals surface area (Å²) in [6.07, 6.45) is 2.42. The molecule has 0 saturated heterocycles. The van der Waals surface area contributed by atoms with Crippen molar-refractivity contribution in [3.05, 3.63) is 70.7 Å². The Bertz CT molecular complexity index is 1230. The van der Waals surface area contributed by atoms with Crippen LogP contribution in [0.4, 0.5) is 0 Å². The number of ether oxygens (including phenoxy) is 1. The number of aromatic nitrogens is 2. The van der Waals surface area contributed by atoms with E-state index < -0.39 is 0 Å². The van der Waals surface area contributed by atoms with Gasteiger partial charge in [0.1, 0.15) is 17.6 Å². The van der Waals surface area contributed by atoms with Crippen molar-refractivity contribution >= 4 is 28.4 Å². The molecule has 0 bridgehead atoms. The van der Waals surface area contributed by atoms with Crippen molar-refractivity contribution in [1.82, 2.24) is 15.5 Å². The van der Waals surface area contributed by atoms with Crippen LogP contribution < -0.4 is 10.1 Å². The number of H-pyrrole nitrogens is 1. The first-order valence-electron chi connectivity index (χ1n) is 9.35. The molecule has 2 N–H and O–H groups in total. The third kappa shape index (κ3) is 3.36.